The summed E-state index contributed by atoms with van der Waals surface area (Å²) in [7, 11) is 0. The third-order valence-corrected chi connectivity index (χ3v) is 6.42. The number of furan rings is 1. The van der Waals surface area contributed by atoms with E-state index >= 15 is 0 Å². The minimum absolute atomic E-state index is 0.0140. The molecule has 0 radical (unpaired) electrons. The fourth-order valence-electron chi connectivity index (χ4n) is 5.57. The van der Waals surface area contributed by atoms with Crippen molar-refractivity contribution in [3.8, 4) is 0 Å². The van der Waals surface area contributed by atoms with E-state index in [0.29, 0.717) is 17.8 Å². The molecule has 150 valence electrons. The number of nitrogens with one attached hydrogen (secondary N) is 2. The lowest BCUT2D eigenvalue weighted by Crippen LogP contribution is -2.56. The lowest BCUT2D eigenvalue weighted by Gasteiger charge is -2.55. The van der Waals surface area contributed by atoms with E-state index in [0.717, 1.165) is 19.3 Å². The second-order valence-corrected chi connectivity index (χ2v) is 8.56. The highest BCUT2D eigenvalue weighted by Gasteiger charge is 2.54. The predicted molar refractivity (Wildman–Crippen MR) is 99.3 cm³/mol. The van der Waals surface area contributed by atoms with Crippen molar-refractivity contribution in [2.45, 2.75) is 51.5 Å². The number of carbonyl (C=O) groups excluding carboxylic acids is 2. The maximum absolute atomic E-state index is 13.0. The number of hydrazone groups is 1. The molecule has 2 N–H and O–H groups in total. The highest BCUT2D eigenvalue weighted by atomic mass is 16.6. The zero-order chi connectivity index (χ0) is 19.9. The van der Waals surface area contributed by atoms with E-state index in [1.807, 2.05) is 0 Å². The van der Waals surface area contributed by atoms with Crippen LogP contribution in [0.15, 0.2) is 21.7 Å². The topological polar surface area (TPSA) is 127 Å². The second-order valence-electron chi connectivity index (χ2n) is 8.56. The molecule has 4 saturated carbocycles. The van der Waals surface area contributed by atoms with Gasteiger partial charge in [-0.3, -0.25) is 19.7 Å². The Morgan fingerprint density at radius 2 is 1.86 bits per heavy atom. The molecule has 9 heteroatoms. The van der Waals surface area contributed by atoms with Gasteiger partial charge in [-0.15, -0.1) is 0 Å². The Balaban J connectivity index is 1.31. The van der Waals surface area contributed by atoms with Crippen LogP contribution in [0.5, 0.6) is 0 Å². The molecule has 1 aromatic heterocycles. The van der Waals surface area contributed by atoms with Gasteiger partial charge in [0, 0.05) is 5.41 Å². The van der Waals surface area contributed by atoms with Crippen LogP contribution in [0.4, 0.5) is 5.88 Å². The first-order chi connectivity index (χ1) is 13.3. The van der Waals surface area contributed by atoms with Crippen LogP contribution in [0.2, 0.25) is 0 Å². The van der Waals surface area contributed by atoms with Gasteiger partial charge >= 0.3 is 5.88 Å². The Bertz CT molecular complexity index is 795. The highest BCUT2D eigenvalue weighted by molar-refractivity contribution is 5.90. The van der Waals surface area contributed by atoms with Crippen molar-refractivity contribution in [1.82, 2.24) is 10.7 Å². The quantitative estimate of drug-likeness (QED) is 0.439. The molecule has 0 spiro atoms. The first-order valence-corrected chi connectivity index (χ1v) is 9.73. The number of nitrogens with zero attached hydrogens (tertiary/aromatic N) is 2. The molecule has 1 heterocycles. The zero-order valence-corrected chi connectivity index (χ0v) is 15.7. The molecular formula is C19H24N4O5. The Morgan fingerprint density at radius 1 is 1.25 bits per heavy atom. The van der Waals surface area contributed by atoms with Gasteiger partial charge in [0.15, 0.2) is 5.76 Å². The Labute approximate surface area is 162 Å². The van der Waals surface area contributed by atoms with Crippen molar-refractivity contribution in [1.29, 1.82) is 0 Å². The summed E-state index contributed by atoms with van der Waals surface area (Å²) >= 11 is 0. The SMILES string of the molecule is C[C@@H](NC(=O)C12CC3CC(CC(C3)C1)C2)C(=O)N/N=C\c1ccc([N+](=O)[O-])o1. The summed E-state index contributed by atoms with van der Waals surface area (Å²) < 4.78 is 4.92. The first kappa shape index (κ1) is 18.6. The van der Waals surface area contributed by atoms with Crippen LogP contribution in [0, 0.1) is 33.3 Å². The van der Waals surface area contributed by atoms with Crippen LogP contribution in [0.25, 0.3) is 0 Å². The van der Waals surface area contributed by atoms with E-state index in [1.165, 1.54) is 37.6 Å². The number of hydrogen-bond acceptors (Lipinski definition) is 6. The molecule has 4 aliphatic carbocycles. The lowest BCUT2D eigenvalue weighted by molar-refractivity contribution is -0.402. The molecule has 4 bridgehead atoms. The van der Waals surface area contributed by atoms with Gasteiger partial charge in [-0.2, -0.15) is 5.10 Å². The summed E-state index contributed by atoms with van der Waals surface area (Å²) in [6.45, 7) is 1.63. The molecule has 0 saturated heterocycles. The van der Waals surface area contributed by atoms with Crippen molar-refractivity contribution < 1.29 is 18.9 Å². The van der Waals surface area contributed by atoms with Crippen LogP contribution >= 0.6 is 0 Å². The smallest absolute Gasteiger partial charge is 0.400 e. The molecule has 9 nitrogen and oxygen atoms in total. The summed E-state index contributed by atoms with van der Waals surface area (Å²) in [6.07, 6.45) is 7.75. The van der Waals surface area contributed by atoms with Crippen LogP contribution < -0.4 is 10.7 Å². The summed E-state index contributed by atoms with van der Waals surface area (Å²) in [5, 5.41) is 17.2. The molecule has 0 aromatic carbocycles. The number of nitro groups is 1. The summed E-state index contributed by atoms with van der Waals surface area (Å²) in [5.41, 5.74) is 2.03. The number of rotatable bonds is 6. The lowest BCUT2D eigenvalue weighted by atomic mass is 9.49. The zero-order valence-electron chi connectivity index (χ0n) is 15.7. The molecule has 1 atom stereocenters. The van der Waals surface area contributed by atoms with Gasteiger partial charge in [0.2, 0.25) is 5.91 Å². The van der Waals surface area contributed by atoms with E-state index in [9.17, 15) is 19.7 Å². The molecule has 4 aliphatic rings. The largest absolute Gasteiger partial charge is 0.433 e. The minimum Gasteiger partial charge on any atom is -0.400 e. The molecular weight excluding hydrogens is 364 g/mol. The fourth-order valence-corrected chi connectivity index (χ4v) is 5.57. The highest BCUT2D eigenvalue weighted by Crippen LogP contribution is 2.60. The van der Waals surface area contributed by atoms with Crippen LogP contribution in [-0.4, -0.2) is 29.0 Å². The Morgan fingerprint density at radius 3 is 2.39 bits per heavy atom. The van der Waals surface area contributed by atoms with Crippen LogP contribution in [-0.2, 0) is 9.59 Å². The predicted octanol–water partition coefficient (Wildman–Crippen LogP) is 2.36. The van der Waals surface area contributed by atoms with Gasteiger partial charge in [0.25, 0.3) is 5.91 Å². The summed E-state index contributed by atoms with van der Waals surface area (Å²) in [5.74, 6) is 1.26. The molecule has 1 aromatic rings. The van der Waals surface area contributed by atoms with E-state index in [1.54, 1.807) is 6.92 Å². The van der Waals surface area contributed by atoms with Crippen molar-refractivity contribution in [2.24, 2.45) is 28.3 Å². The molecule has 5 rings (SSSR count). The number of hydrogen-bond donors (Lipinski definition) is 2. The van der Waals surface area contributed by atoms with Gasteiger partial charge in [0.05, 0.1) is 12.3 Å². The minimum atomic E-state index is -0.719. The fraction of sp³-hybridized carbons (Fsp3) is 0.632. The average molecular weight is 388 g/mol. The molecule has 0 unspecified atom stereocenters. The third kappa shape index (κ3) is 3.53. The van der Waals surface area contributed by atoms with Gasteiger partial charge < -0.3 is 9.73 Å². The van der Waals surface area contributed by atoms with E-state index in [4.69, 9.17) is 4.42 Å². The van der Waals surface area contributed by atoms with E-state index < -0.39 is 22.8 Å². The average Bonchev–Trinajstić information content (AvgIpc) is 3.09. The van der Waals surface area contributed by atoms with Crippen molar-refractivity contribution >= 4 is 23.9 Å². The van der Waals surface area contributed by atoms with Gasteiger partial charge in [-0.05, 0) is 69.3 Å². The van der Waals surface area contributed by atoms with E-state index in [-0.39, 0.29) is 17.1 Å². The monoisotopic (exact) mass is 388 g/mol. The van der Waals surface area contributed by atoms with Gasteiger partial charge in [0.1, 0.15) is 11.0 Å². The summed E-state index contributed by atoms with van der Waals surface area (Å²) in [6, 6.07) is 1.87. The molecule has 28 heavy (non-hydrogen) atoms. The van der Waals surface area contributed by atoms with Gasteiger partial charge in [-0.1, -0.05) is 0 Å². The maximum Gasteiger partial charge on any atom is 0.433 e. The number of amides is 2. The normalized spacial score (nSPS) is 31.7. The summed E-state index contributed by atoms with van der Waals surface area (Å²) in [4.78, 5) is 35.1. The van der Waals surface area contributed by atoms with Crippen LogP contribution in [0.1, 0.15) is 51.2 Å². The Hall–Kier alpha value is -2.71. The molecule has 2 amide bonds. The van der Waals surface area contributed by atoms with E-state index in [2.05, 4.69) is 15.8 Å². The third-order valence-electron chi connectivity index (χ3n) is 6.42. The second kappa shape index (κ2) is 7.03. The molecule has 4 fully saturated rings. The van der Waals surface area contributed by atoms with Crippen LogP contribution in [0.3, 0.4) is 0 Å². The Kier molecular flexibility index (Phi) is 4.68. The first-order valence-electron chi connectivity index (χ1n) is 9.73. The number of carbonyl (C=O) groups is 2. The van der Waals surface area contributed by atoms with Gasteiger partial charge in [-0.25, -0.2) is 5.43 Å². The molecule has 0 aliphatic heterocycles. The standard InChI is InChI=1S/C19H24N4O5/c1-11(17(24)22-20-10-15-2-3-16(28-15)23(26)27)21-18(25)19-7-12-4-13(8-19)6-14(5-12)9-19/h2-3,10-14H,4-9H2,1H3,(H,21,25)(H,22,24)/b20-10-/t11-,12?,13?,14?,19?/m1/s1. The maximum atomic E-state index is 13.0. The van der Waals surface area contributed by atoms with Crippen molar-refractivity contribution in [3.05, 3.63) is 28.0 Å². The van der Waals surface area contributed by atoms with Crippen molar-refractivity contribution in [2.75, 3.05) is 0 Å². The van der Waals surface area contributed by atoms with Crippen molar-refractivity contribution in [3.63, 3.8) is 0 Å².